The highest BCUT2D eigenvalue weighted by atomic mass is 35.5. The topological polar surface area (TPSA) is 120 Å². The first-order valence-electron chi connectivity index (χ1n) is 13.5. The third kappa shape index (κ3) is 5.25. The van der Waals surface area contributed by atoms with Crippen LogP contribution in [0.2, 0.25) is 5.02 Å². The molecule has 216 valence electrons. The van der Waals surface area contributed by atoms with E-state index >= 15 is 0 Å². The summed E-state index contributed by atoms with van der Waals surface area (Å²) in [5.41, 5.74) is 0.0570. The molecule has 0 unspecified atom stereocenters. The van der Waals surface area contributed by atoms with Gasteiger partial charge in [0, 0.05) is 31.2 Å². The Morgan fingerprint density at radius 3 is 2.50 bits per heavy atom. The molecule has 1 amide bonds. The number of alkyl halides is 2. The van der Waals surface area contributed by atoms with Crippen LogP contribution in [0, 0.1) is 5.92 Å². The summed E-state index contributed by atoms with van der Waals surface area (Å²) in [6.07, 6.45) is 4.03. The van der Waals surface area contributed by atoms with E-state index < -0.39 is 18.0 Å². The first-order valence-corrected chi connectivity index (χ1v) is 13.9. The average Bonchev–Trinajstić information content (AvgIpc) is 3.54. The molecule has 13 heteroatoms. The number of imidazole rings is 2. The Morgan fingerprint density at radius 2 is 1.79 bits per heavy atom. The number of aromatic amines is 1. The van der Waals surface area contributed by atoms with Gasteiger partial charge in [-0.05, 0) is 61.9 Å². The first-order chi connectivity index (χ1) is 20.3. The molecule has 0 bridgehead atoms. The molecule has 5 aromatic rings. The number of rotatable bonds is 7. The van der Waals surface area contributed by atoms with Crippen molar-refractivity contribution in [2.45, 2.75) is 44.7 Å². The van der Waals surface area contributed by atoms with E-state index in [1.807, 2.05) is 24.3 Å². The number of H-pyrrole nitrogens is 1. The molecular weight excluding hydrogens is 568 g/mol. The van der Waals surface area contributed by atoms with Crippen molar-refractivity contribution in [3.05, 3.63) is 104 Å². The predicted molar refractivity (Wildman–Crippen MR) is 153 cm³/mol. The van der Waals surface area contributed by atoms with Crippen molar-refractivity contribution in [3.63, 3.8) is 0 Å². The van der Waals surface area contributed by atoms with Crippen LogP contribution in [0.5, 0.6) is 0 Å². The Bertz CT molecular complexity index is 1890. The SMILES string of the molecule is O=C(NC1CCC(Cn2c(=O)n(-c3cccc(-n4cc[nH]c4=O)n3)c3ccccc32)CC1)c1cc(Cl)cnc1C(F)F. The number of pyridine rings is 2. The second kappa shape index (κ2) is 11.4. The predicted octanol–water partition coefficient (Wildman–Crippen LogP) is 4.64. The molecule has 1 fully saturated rings. The molecule has 0 saturated heterocycles. The maximum atomic E-state index is 13.8. The van der Waals surface area contributed by atoms with Gasteiger partial charge in [-0.25, -0.2) is 27.9 Å². The lowest BCUT2D eigenvalue weighted by atomic mass is 9.85. The highest BCUT2D eigenvalue weighted by Gasteiger charge is 2.27. The summed E-state index contributed by atoms with van der Waals surface area (Å²) >= 11 is 5.90. The molecule has 0 radical (unpaired) electrons. The molecule has 4 aromatic heterocycles. The molecule has 0 atom stereocenters. The molecule has 10 nitrogen and oxygen atoms in total. The number of benzene rings is 1. The fraction of sp³-hybridized carbons (Fsp3) is 0.276. The zero-order valence-electron chi connectivity index (χ0n) is 22.2. The number of para-hydroxylation sites is 2. The number of nitrogens with one attached hydrogen (secondary N) is 2. The Hall–Kier alpha value is -4.58. The third-order valence-corrected chi connectivity index (χ3v) is 7.85. The van der Waals surface area contributed by atoms with Gasteiger partial charge in [0.25, 0.3) is 12.3 Å². The van der Waals surface area contributed by atoms with Crippen molar-refractivity contribution >= 4 is 28.5 Å². The van der Waals surface area contributed by atoms with E-state index in [0.29, 0.717) is 36.5 Å². The number of hydrogen-bond acceptors (Lipinski definition) is 5. The number of aromatic nitrogens is 6. The molecule has 1 saturated carbocycles. The van der Waals surface area contributed by atoms with E-state index in [2.05, 4.69) is 20.3 Å². The van der Waals surface area contributed by atoms with Crippen LogP contribution in [0.3, 0.4) is 0 Å². The second-order valence-corrected chi connectivity index (χ2v) is 10.7. The molecule has 6 rings (SSSR count). The number of carbonyl (C=O) groups is 1. The molecule has 1 aliphatic carbocycles. The van der Waals surface area contributed by atoms with E-state index in [4.69, 9.17) is 11.6 Å². The largest absolute Gasteiger partial charge is 0.349 e. The summed E-state index contributed by atoms with van der Waals surface area (Å²) in [5.74, 6) is 0.319. The summed E-state index contributed by atoms with van der Waals surface area (Å²) in [4.78, 5) is 49.5. The number of carbonyl (C=O) groups excluding carboxylic acids is 1. The van der Waals surface area contributed by atoms with Crippen LogP contribution < -0.4 is 16.7 Å². The quantitative estimate of drug-likeness (QED) is 0.285. The summed E-state index contributed by atoms with van der Waals surface area (Å²) in [5, 5.41) is 2.96. The van der Waals surface area contributed by atoms with Crippen LogP contribution >= 0.6 is 11.6 Å². The number of fused-ring (bicyclic) bond motifs is 1. The molecule has 1 aromatic carbocycles. The molecule has 4 heterocycles. The van der Waals surface area contributed by atoms with Gasteiger partial charge in [-0.3, -0.25) is 18.9 Å². The lowest BCUT2D eigenvalue weighted by Gasteiger charge is -2.29. The monoisotopic (exact) mass is 593 g/mol. The minimum absolute atomic E-state index is 0.109. The van der Waals surface area contributed by atoms with Crippen LogP contribution in [-0.4, -0.2) is 40.6 Å². The van der Waals surface area contributed by atoms with Gasteiger partial charge in [0.2, 0.25) is 0 Å². The summed E-state index contributed by atoms with van der Waals surface area (Å²) in [6, 6.07) is 13.6. The van der Waals surface area contributed by atoms with Gasteiger partial charge in [-0.2, -0.15) is 0 Å². The standard InChI is InChI=1S/C29H26ClF2N7O3/c30-18-14-20(25(26(31)32)34-15-18)27(40)35-19-10-8-17(9-11-19)16-38-21-4-1-2-5-22(21)39(29(38)42)24-7-3-6-23(36-24)37-13-12-33-28(37)41/h1-7,12-15,17,19,26H,8-11,16H2,(H,33,41)(H,35,40). The Labute approximate surface area is 242 Å². The van der Waals surface area contributed by atoms with Crippen LogP contribution in [0.4, 0.5) is 8.78 Å². The van der Waals surface area contributed by atoms with Gasteiger partial charge in [0.1, 0.15) is 17.3 Å². The summed E-state index contributed by atoms with van der Waals surface area (Å²) < 4.78 is 31.4. The van der Waals surface area contributed by atoms with Crippen molar-refractivity contribution in [1.82, 2.24) is 34.0 Å². The van der Waals surface area contributed by atoms with Crippen molar-refractivity contribution in [2.24, 2.45) is 5.92 Å². The fourth-order valence-corrected chi connectivity index (χ4v) is 5.75. The first kappa shape index (κ1) is 27.6. The Morgan fingerprint density at radius 1 is 1.05 bits per heavy atom. The molecule has 1 aliphatic rings. The third-order valence-electron chi connectivity index (χ3n) is 7.64. The zero-order valence-corrected chi connectivity index (χ0v) is 23.0. The van der Waals surface area contributed by atoms with Crippen LogP contribution in [-0.2, 0) is 6.54 Å². The van der Waals surface area contributed by atoms with E-state index in [9.17, 15) is 23.2 Å². The van der Waals surface area contributed by atoms with Crippen LogP contribution in [0.1, 0.15) is 48.2 Å². The highest BCUT2D eigenvalue weighted by molar-refractivity contribution is 6.30. The van der Waals surface area contributed by atoms with Crippen molar-refractivity contribution < 1.29 is 13.6 Å². The zero-order chi connectivity index (χ0) is 29.4. The van der Waals surface area contributed by atoms with Crippen molar-refractivity contribution in [3.8, 4) is 11.6 Å². The number of halogens is 3. The number of nitrogens with zero attached hydrogens (tertiary/aromatic N) is 5. The van der Waals surface area contributed by atoms with Crippen molar-refractivity contribution in [2.75, 3.05) is 0 Å². The molecule has 42 heavy (non-hydrogen) atoms. The molecule has 0 aliphatic heterocycles. The number of amides is 1. The van der Waals surface area contributed by atoms with Crippen LogP contribution in [0.25, 0.3) is 22.7 Å². The van der Waals surface area contributed by atoms with Gasteiger partial charge in [0.15, 0.2) is 0 Å². The maximum absolute atomic E-state index is 13.8. The van der Waals surface area contributed by atoms with E-state index in [1.165, 1.54) is 16.8 Å². The lowest BCUT2D eigenvalue weighted by Crippen LogP contribution is -2.39. The molecular formula is C29H26ClF2N7O3. The van der Waals surface area contributed by atoms with E-state index in [-0.39, 0.29) is 33.9 Å². The lowest BCUT2D eigenvalue weighted by molar-refractivity contribution is 0.0904. The second-order valence-electron chi connectivity index (χ2n) is 10.3. The van der Waals surface area contributed by atoms with Gasteiger partial charge >= 0.3 is 11.4 Å². The van der Waals surface area contributed by atoms with Crippen molar-refractivity contribution in [1.29, 1.82) is 0 Å². The molecule has 0 spiro atoms. The Kier molecular flexibility index (Phi) is 7.46. The summed E-state index contributed by atoms with van der Waals surface area (Å²) in [6.45, 7) is 0.470. The minimum atomic E-state index is -2.89. The molecule has 2 N–H and O–H groups in total. The summed E-state index contributed by atoms with van der Waals surface area (Å²) in [7, 11) is 0. The smallest absolute Gasteiger partial charge is 0.334 e. The van der Waals surface area contributed by atoms with Gasteiger partial charge in [-0.1, -0.05) is 29.8 Å². The maximum Gasteiger partial charge on any atom is 0.334 e. The minimum Gasteiger partial charge on any atom is -0.349 e. The van der Waals surface area contributed by atoms with Gasteiger partial charge in [-0.15, -0.1) is 0 Å². The van der Waals surface area contributed by atoms with Gasteiger partial charge < -0.3 is 10.3 Å². The van der Waals surface area contributed by atoms with Crippen LogP contribution in [0.15, 0.2) is 76.7 Å². The fourth-order valence-electron chi connectivity index (χ4n) is 5.59. The van der Waals surface area contributed by atoms with Gasteiger partial charge in [0.05, 0.1) is 21.6 Å². The van der Waals surface area contributed by atoms with E-state index in [1.54, 1.807) is 33.5 Å². The Balaban J connectivity index is 1.20. The number of hydrogen-bond donors (Lipinski definition) is 2. The normalized spacial score (nSPS) is 17.1. The average molecular weight is 594 g/mol. The van der Waals surface area contributed by atoms with E-state index in [0.717, 1.165) is 24.6 Å². The highest BCUT2D eigenvalue weighted by Crippen LogP contribution is 2.29.